The van der Waals surface area contributed by atoms with E-state index in [1.165, 1.54) is 7.11 Å². The van der Waals surface area contributed by atoms with E-state index < -0.39 is 5.91 Å². The van der Waals surface area contributed by atoms with E-state index in [0.29, 0.717) is 32.8 Å². The van der Waals surface area contributed by atoms with Crippen LogP contribution in [0.3, 0.4) is 0 Å². The van der Waals surface area contributed by atoms with E-state index in [2.05, 4.69) is 10.3 Å². The number of hydrogen-bond acceptors (Lipinski definition) is 9. The number of carbonyl (C=O) groups excluding carboxylic acids is 2. The molecular formula is C19H19N7O3S. The summed E-state index contributed by atoms with van der Waals surface area (Å²) in [6, 6.07) is 6.99. The Morgan fingerprint density at radius 2 is 2.07 bits per heavy atom. The van der Waals surface area contributed by atoms with Crippen LogP contribution in [0.2, 0.25) is 0 Å². The average Bonchev–Trinajstić information content (AvgIpc) is 3.03. The molecule has 0 saturated heterocycles. The van der Waals surface area contributed by atoms with E-state index in [4.69, 9.17) is 27.7 Å². The number of methoxy groups -OCH3 is 1. The summed E-state index contributed by atoms with van der Waals surface area (Å²) in [5.74, 6) is -0.597. The zero-order valence-electron chi connectivity index (χ0n) is 16.0. The van der Waals surface area contributed by atoms with Crippen molar-refractivity contribution >= 4 is 50.6 Å². The van der Waals surface area contributed by atoms with Gasteiger partial charge in [0.2, 0.25) is 5.91 Å². The highest BCUT2D eigenvalue weighted by Gasteiger charge is 2.24. The summed E-state index contributed by atoms with van der Waals surface area (Å²) in [6.45, 7) is 0.190. The maximum absolute atomic E-state index is 12.1. The van der Waals surface area contributed by atoms with E-state index in [1.807, 2.05) is 6.07 Å². The van der Waals surface area contributed by atoms with Crippen molar-refractivity contribution in [2.45, 2.75) is 6.42 Å². The molecule has 0 radical (unpaired) electrons. The molecule has 0 aliphatic heterocycles. The molecule has 0 aliphatic carbocycles. The number of primary amides is 1. The van der Waals surface area contributed by atoms with E-state index in [9.17, 15) is 14.9 Å². The Kier molecular flexibility index (Phi) is 5.72. The quantitative estimate of drug-likeness (QED) is 0.390. The molecule has 1 aromatic carbocycles. The van der Waals surface area contributed by atoms with E-state index >= 15 is 0 Å². The topological polar surface area (TPSA) is 196 Å². The Labute approximate surface area is 175 Å². The van der Waals surface area contributed by atoms with Gasteiger partial charge in [-0.25, -0.2) is 4.98 Å². The lowest BCUT2D eigenvalue weighted by Gasteiger charge is -2.14. The number of nitrogens with one attached hydrogen (secondary N) is 1. The second-order valence-electron chi connectivity index (χ2n) is 6.25. The van der Waals surface area contributed by atoms with Gasteiger partial charge in [0.1, 0.15) is 32.9 Å². The Morgan fingerprint density at radius 1 is 1.33 bits per heavy atom. The second kappa shape index (κ2) is 8.24. The average molecular weight is 425 g/mol. The summed E-state index contributed by atoms with van der Waals surface area (Å²) in [5.41, 5.74) is 24.5. The first-order valence-electron chi connectivity index (χ1n) is 8.72. The highest BCUT2D eigenvalue weighted by Crippen LogP contribution is 2.43. The molecule has 3 rings (SSSR count). The normalized spacial score (nSPS) is 10.6. The highest BCUT2D eigenvalue weighted by molar-refractivity contribution is 7.21. The molecule has 0 fully saturated rings. The summed E-state index contributed by atoms with van der Waals surface area (Å²) in [6.07, 6.45) is 0.128. The Bertz CT molecular complexity index is 1210. The van der Waals surface area contributed by atoms with Crippen LogP contribution >= 0.6 is 11.3 Å². The Morgan fingerprint density at radius 3 is 2.67 bits per heavy atom. The number of ether oxygens (including phenoxy) is 1. The summed E-state index contributed by atoms with van der Waals surface area (Å²) < 4.78 is 5.31. The molecule has 0 saturated carbocycles. The number of amides is 2. The number of benzene rings is 1. The standard InChI is InChI=1S/C19H19N7O3S/c1-29-11-3-2-8(6-10(11)25-12(27)4-5-20)13-9(7-21)17(23)26-19-14(13)15(22)16(30-19)18(24)28/h2-3,6H,4-5,20,22H2,1H3,(H2,23,26)(H2,24,28)(H,25,27). The maximum Gasteiger partial charge on any atom is 0.260 e. The fraction of sp³-hybridized carbons (Fsp3) is 0.158. The zero-order chi connectivity index (χ0) is 22.0. The van der Waals surface area contributed by atoms with Gasteiger partial charge >= 0.3 is 0 Å². The van der Waals surface area contributed by atoms with Gasteiger partial charge in [-0.1, -0.05) is 6.07 Å². The van der Waals surface area contributed by atoms with Crippen LogP contribution < -0.4 is 33.0 Å². The van der Waals surface area contributed by atoms with Crippen molar-refractivity contribution < 1.29 is 14.3 Å². The first-order chi connectivity index (χ1) is 14.3. The number of anilines is 3. The lowest BCUT2D eigenvalue weighted by atomic mass is 9.96. The van der Waals surface area contributed by atoms with Crippen molar-refractivity contribution in [2.75, 3.05) is 30.4 Å². The molecule has 0 spiro atoms. The molecule has 10 nitrogen and oxygen atoms in total. The Balaban J connectivity index is 2.31. The SMILES string of the molecule is COc1ccc(-c2c(C#N)c(N)nc3sc(C(N)=O)c(N)c23)cc1NC(=O)CCN. The van der Waals surface area contributed by atoms with E-state index in [0.717, 1.165) is 11.3 Å². The number of pyridine rings is 1. The fourth-order valence-corrected chi connectivity index (χ4v) is 4.02. The predicted octanol–water partition coefficient (Wildman–Crippen LogP) is 1.39. The van der Waals surface area contributed by atoms with Crippen molar-refractivity contribution in [3.63, 3.8) is 0 Å². The third kappa shape index (κ3) is 3.57. The maximum atomic E-state index is 12.1. The molecule has 0 unspecified atom stereocenters. The molecular weight excluding hydrogens is 406 g/mol. The van der Waals surface area contributed by atoms with Gasteiger partial charge in [0, 0.05) is 23.9 Å². The van der Waals surface area contributed by atoms with Crippen molar-refractivity contribution in [3.8, 4) is 22.9 Å². The van der Waals surface area contributed by atoms with Gasteiger partial charge in [-0.2, -0.15) is 5.26 Å². The lowest BCUT2D eigenvalue weighted by molar-refractivity contribution is -0.116. The van der Waals surface area contributed by atoms with Gasteiger partial charge in [0.25, 0.3) is 5.91 Å². The van der Waals surface area contributed by atoms with Crippen molar-refractivity contribution in [1.82, 2.24) is 4.98 Å². The minimum absolute atomic E-state index is 0.0122. The number of nitrogens with two attached hydrogens (primary N) is 4. The number of carbonyl (C=O) groups is 2. The molecule has 30 heavy (non-hydrogen) atoms. The van der Waals surface area contributed by atoms with Crippen LogP contribution in [0.5, 0.6) is 5.75 Å². The number of thiophene rings is 1. The van der Waals surface area contributed by atoms with Gasteiger partial charge in [-0.3, -0.25) is 9.59 Å². The van der Waals surface area contributed by atoms with Gasteiger partial charge in [-0.15, -0.1) is 11.3 Å². The molecule has 9 N–H and O–H groups in total. The van der Waals surface area contributed by atoms with Crippen LogP contribution in [-0.2, 0) is 4.79 Å². The molecule has 0 aliphatic rings. The number of rotatable bonds is 6. The van der Waals surface area contributed by atoms with Gasteiger partial charge in [0.05, 0.1) is 18.5 Å². The number of aromatic nitrogens is 1. The van der Waals surface area contributed by atoms with Crippen LogP contribution in [0.1, 0.15) is 21.7 Å². The van der Waals surface area contributed by atoms with Crippen LogP contribution in [0.15, 0.2) is 18.2 Å². The summed E-state index contributed by atoms with van der Waals surface area (Å²) in [5, 5.41) is 12.8. The van der Waals surface area contributed by atoms with Gasteiger partial charge in [0.15, 0.2) is 0 Å². The molecule has 154 valence electrons. The monoisotopic (exact) mass is 425 g/mol. The minimum Gasteiger partial charge on any atom is -0.495 e. The number of nitriles is 1. The largest absolute Gasteiger partial charge is 0.495 e. The van der Waals surface area contributed by atoms with Crippen LogP contribution in [0, 0.1) is 11.3 Å². The molecule has 2 aromatic heterocycles. The first-order valence-corrected chi connectivity index (χ1v) is 9.53. The zero-order valence-corrected chi connectivity index (χ0v) is 16.8. The molecule has 0 atom stereocenters. The summed E-state index contributed by atoms with van der Waals surface area (Å²) >= 11 is 0.995. The lowest BCUT2D eigenvalue weighted by Crippen LogP contribution is -2.16. The van der Waals surface area contributed by atoms with E-state index in [-0.39, 0.29) is 40.8 Å². The number of fused-ring (bicyclic) bond motifs is 1. The number of nitrogen functional groups attached to an aromatic ring is 2. The van der Waals surface area contributed by atoms with Crippen molar-refractivity contribution in [1.29, 1.82) is 5.26 Å². The van der Waals surface area contributed by atoms with E-state index in [1.54, 1.807) is 18.2 Å². The molecule has 2 amide bonds. The molecule has 11 heteroatoms. The van der Waals surface area contributed by atoms with Crippen LogP contribution in [0.25, 0.3) is 21.3 Å². The third-order valence-corrected chi connectivity index (χ3v) is 5.49. The Hall–Kier alpha value is -3.88. The summed E-state index contributed by atoms with van der Waals surface area (Å²) in [4.78, 5) is 28.5. The molecule has 2 heterocycles. The van der Waals surface area contributed by atoms with Crippen molar-refractivity contribution in [2.24, 2.45) is 11.5 Å². The smallest absolute Gasteiger partial charge is 0.260 e. The highest BCUT2D eigenvalue weighted by atomic mass is 32.1. The fourth-order valence-electron chi connectivity index (χ4n) is 3.06. The third-order valence-electron chi connectivity index (χ3n) is 4.37. The predicted molar refractivity (Wildman–Crippen MR) is 116 cm³/mol. The minimum atomic E-state index is -0.706. The van der Waals surface area contributed by atoms with Crippen LogP contribution in [-0.4, -0.2) is 30.5 Å². The number of nitrogens with zero attached hydrogens (tertiary/aromatic N) is 2. The van der Waals surface area contributed by atoms with Gasteiger partial charge in [-0.05, 0) is 17.7 Å². The number of hydrogen-bond donors (Lipinski definition) is 5. The van der Waals surface area contributed by atoms with Gasteiger partial charge < -0.3 is 33.0 Å². The van der Waals surface area contributed by atoms with Crippen molar-refractivity contribution in [3.05, 3.63) is 28.6 Å². The first kappa shape index (κ1) is 20.8. The summed E-state index contributed by atoms with van der Waals surface area (Å²) in [7, 11) is 1.47. The molecule has 3 aromatic rings. The second-order valence-corrected chi connectivity index (χ2v) is 7.25. The molecule has 0 bridgehead atoms. The van der Waals surface area contributed by atoms with Crippen LogP contribution in [0.4, 0.5) is 17.2 Å².